The zero-order valence-corrected chi connectivity index (χ0v) is 15.5. The van der Waals surface area contributed by atoms with Gasteiger partial charge in [0.05, 0.1) is 11.6 Å². The third kappa shape index (κ3) is 3.74. The fourth-order valence-electron chi connectivity index (χ4n) is 3.19. The van der Waals surface area contributed by atoms with Gasteiger partial charge in [0.15, 0.2) is 0 Å². The highest BCUT2D eigenvalue weighted by atomic mass is 35.5. The number of nitrogens with zero attached hydrogens (tertiary/aromatic N) is 1. The average Bonchev–Trinajstić information content (AvgIpc) is 2.91. The maximum absolute atomic E-state index is 13.4. The number of amides is 1. The van der Waals surface area contributed by atoms with E-state index in [4.69, 9.17) is 11.6 Å². The average molecular weight is 388 g/mol. The van der Waals surface area contributed by atoms with Gasteiger partial charge in [0.25, 0.3) is 11.7 Å². The molecule has 6 heteroatoms. The van der Waals surface area contributed by atoms with Crippen LogP contribution in [0, 0.1) is 5.82 Å². The molecule has 27 heavy (non-hydrogen) atoms. The first-order valence-corrected chi connectivity index (χ1v) is 9.11. The number of hydrogen-bond donors (Lipinski definition) is 1. The Morgan fingerprint density at radius 1 is 1.11 bits per heavy atom. The summed E-state index contributed by atoms with van der Waals surface area (Å²) in [5, 5.41) is 11.3. The van der Waals surface area contributed by atoms with Crippen LogP contribution in [0.4, 0.5) is 4.39 Å². The minimum atomic E-state index is -0.757. The summed E-state index contributed by atoms with van der Waals surface area (Å²) in [6.45, 7) is 2.36. The van der Waals surface area contributed by atoms with Gasteiger partial charge in [-0.25, -0.2) is 4.39 Å². The van der Waals surface area contributed by atoms with Crippen LogP contribution in [0.2, 0.25) is 5.02 Å². The van der Waals surface area contributed by atoms with Crippen LogP contribution in [0.25, 0.3) is 5.76 Å². The number of aliphatic hydroxyl groups is 1. The van der Waals surface area contributed by atoms with Crippen molar-refractivity contribution in [3.63, 3.8) is 0 Å². The van der Waals surface area contributed by atoms with Gasteiger partial charge in [-0.2, -0.15) is 0 Å². The standard InChI is InChI=1S/C21H19ClFNO3/c1-2-3-12-24-18(13-6-10-16(23)11-7-13)17(20(26)21(24)27)19(25)14-4-8-15(22)9-5-14/h4-11,18,25H,2-3,12H2,1H3/b19-17+/t18-/m1/s1. The van der Waals surface area contributed by atoms with E-state index in [0.717, 1.165) is 6.42 Å². The number of benzene rings is 2. The van der Waals surface area contributed by atoms with E-state index in [0.29, 0.717) is 29.1 Å². The van der Waals surface area contributed by atoms with Crippen molar-refractivity contribution >= 4 is 29.1 Å². The van der Waals surface area contributed by atoms with E-state index in [1.54, 1.807) is 24.3 Å². The van der Waals surface area contributed by atoms with Crippen LogP contribution in [-0.2, 0) is 9.59 Å². The van der Waals surface area contributed by atoms with Crippen LogP contribution < -0.4 is 0 Å². The topological polar surface area (TPSA) is 57.6 Å². The Balaban J connectivity index is 2.14. The number of rotatable bonds is 5. The smallest absolute Gasteiger partial charge is 0.295 e. The van der Waals surface area contributed by atoms with Crippen molar-refractivity contribution < 1.29 is 19.1 Å². The minimum Gasteiger partial charge on any atom is -0.507 e. The van der Waals surface area contributed by atoms with E-state index in [-0.39, 0.29) is 11.3 Å². The molecule has 0 spiro atoms. The van der Waals surface area contributed by atoms with Gasteiger partial charge in [-0.1, -0.05) is 37.1 Å². The molecule has 1 N–H and O–H groups in total. The number of likely N-dealkylation sites (tertiary alicyclic amines) is 1. The Kier molecular flexibility index (Phi) is 5.61. The number of carbonyl (C=O) groups excluding carboxylic acids is 2. The van der Waals surface area contributed by atoms with Crippen LogP contribution in [0.3, 0.4) is 0 Å². The number of unbranched alkanes of at least 4 members (excludes halogenated alkanes) is 1. The number of Topliss-reactive ketones (excluding diaryl/α,β-unsaturated/α-hetero) is 1. The zero-order chi connectivity index (χ0) is 19.6. The maximum Gasteiger partial charge on any atom is 0.295 e. The van der Waals surface area contributed by atoms with Gasteiger partial charge >= 0.3 is 0 Å². The lowest BCUT2D eigenvalue weighted by atomic mass is 9.95. The van der Waals surface area contributed by atoms with Crippen molar-refractivity contribution in [3.8, 4) is 0 Å². The Bertz CT molecular complexity index is 891. The van der Waals surface area contributed by atoms with E-state index in [1.807, 2.05) is 6.92 Å². The van der Waals surface area contributed by atoms with E-state index in [2.05, 4.69) is 0 Å². The summed E-state index contributed by atoms with van der Waals surface area (Å²) < 4.78 is 13.4. The molecule has 2 aromatic rings. The zero-order valence-electron chi connectivity index (χ0n) is 14.8. The van der Waals surface area contributed by atoms with Crippen molar-refractivity contribution in [1.82, 2.24) is 4.90 Å². The summed E-state index contributed by atoms with van der Waals surface area (Å²) in [5.41, 5.74) is 0.965. The second kappa shape index (κ2) is 7.92. The summed E-state index contributed by atoms with van der Waals surface area (Å²) in [6, 6.07) is 11.2. The predicted molar refractivity (Wildman–Crippen MR) is 102 cm³/mol. The Hall–Kier alpha value is -2.66. The van der Waals surface area contributed by atoms with E-state index < -0.39 is 23.5 Å². The summed E-state index contributed by atoms with van der Waals surface area (Å²) >= 11 is 5.89. The molecule has 0 saturated carbocycles. The van der Waals surface area contributed by atoms with E-state index in [9.17, 15) is 19.1 Å². The summed E-state index contributed by atoms with van der Waals surface area (Å²) in [5.74, 6) is -2.08. The van der Waals surface area contributed by atoms with Gasteiger partial charge in [-0.3, -0.25) is 9.59 Å². The number of carbonyl (C=O) groups is 2. The third-order valence-electron chi connectivity index (χ3n) is 4.60. The van der Waals surface area contributed by atoms with Gasteiger partial charge in [0, 0.05) is 17.1 Å². The minimum absolute atomic E-state index is 0.00466. The van der Waals surface area contributed by atoms with Gasteiger partial charge in [0.2, 0.25) is 0 Å². The second-order valence-corrected chi connectivity index (χ2v) is 6.84. The largest absolute Gasteiger partial charge is 0.507 e. The molecule has 2 aromatic carbocycles. The van der Waals surface area contributed by atoms with E-state index in [1.165, 1.54) is 29.2 Å². The molecule has 1 heterocycles. The van der Waals surface area contributed by atoms with Crippen LogP contribution in [0.1, 0.15) is 36.9 Å². The fraction of sp³-hybridized carbons (Fsp3) is 0.238. The highest BCUT2D eigenvalue weighted by Crippen LogP contribution is 2.39. The highest BCUT2D eigenvalue weighted by Gasteiger charge is 2.45. The number of ketones is 1. The molecule has 0 aliphatic carbocycles. The van der Waals surface area contributed by atoms with Gasteiger partial charge < -0.3 is 10.0 Å². The van der Waals surface area contributed by atoms with Crippen molar-refractivity contribution in [2.45, 2.75) is 25.8 Å². The van der Waals surface area contributed by atoms with Crippen LogP contribution in [0.5, 0.6) is 0 Å². The SMILES string of the molecule is CCCCN1C(=O)C(=O)/C(=C(/O)c2ccc(Cl)cc2)[C@H]1c1ccc(F)cc1. The molecule has 1 amide bonds. The Morgan fingerprint density at radius 3 is 2.33 bits per heavy atom. The number of hydrogen-bond acceptors (Lipinski definition) is 3. The fourth-order valence-corrected chi connectivity index (χ4v) is 3.32. The first-order valence-electron chi connectivity index (χ1n) is 8.74. The summed E-state index contributed by atoms with van der Waals surface area (Å²) in [6.07, 6.45) is 1.56. The lowest BCUT2D eigenvalue weighted by molar-refractivity contribution is -0.139. The molecule has 3 rings (SSSR count). The lowest BCUT2D eigenvalue weighted by Crippen LogP contribution is -2.30. The maximum atomic E-state index is 13.4. The molecule has 0 bridgehead atoms. The van der Waals surface area contributed by atoms with Crippen molar-refractivity contribution in [2.24, 2.45) is 0 Å². The monoisotopic (exact) mass is 387 g/mol. The molecule has 140 valence electrons. The van der Waals surface area contributed by atoms with Gasteiger partial charge in [-0.05, 0) is 48.4 Å². The first-order chi connectivity index (χ1) is 12.9. The summed E-state index contributed by atoms with van der Waals surface area (Å²) in [4.78, 5) is 26.7. The molecular weight excluding hydrogens is 369 g/mol. The number of aliphatic hydroxyl groups excluding tert-OH is 1. The molecule has 1 atom stereocenters. The summed E-state index contributed by atoms with van der Waals surface area (Å²) in [7, 11) is 0. The Labute approximate surface area is 161 Å². The molecule has 0 unspecified atom stereocenters. The molecule has 1 fully saturated rings. The normalized spacial score (nSPS) is 18.9. The van der Waals surface area contributed by atoms with Gasteiger partial charge in [-0.15, -0.1) is 0 Å². The van der Waals surface area contributed by atoms with Crippen molar-refractivity contribution in [3.05, 3.63) is 76.1 Å². The molecule has 1 saturated heterocycles. The first kappa shape index (κ1) is 19.1. The van der Waals surface area contributed by atoms with Crippen LogP contribution in [-0.4, -0.2) is 28.2 Å². The molecule has 1 aliphatic heterocycles. The molecular formula is C21H19ClFNO3. The van der Waals surface area contributed by atoms with Crippen LogP contribution >= 0.6 is 11.6 Å². The lowest BCUT2D eigenvalue weighted by Gasteiger charge is -2.25. The highest BCUT2D eigenvalue weighted by molar-refractivity contribution is 6.46. The van der Waals surface area contributed by atoms with Crippen molar-refractivity contribution in [2.75, 3.05) is 6.54 Å². The number of halogens is 2. The molecule has 0 radical (unpaired) electrons. The molecule has 4 nitrogen and oxygen atoms in total. The van der Waals surface area contributed by atoms with Gasteiger partial charge in [0.1, 0.15) is 11.6 Å². The van der Waals surface area contributed by atoms with Crippen LogP contribution in [0.15, 0.2) is 54.1 Å². The Morgan fingerprint density at radius 2 is 1.74 bits per heavy atom. The van der Waals surface area contributed by atoms with Crippen molar-refractivity contribution in [1.29, 1.82) is 0 Å². The third-order valence-corrected chi connectivity index (χ3v) is 4.85. The molecule has 0 aromatic heterocycles. The second-order valence-electron chi connectivity index (χ2n) is 6.40. The predicted octanol–water partition coefficient (Wildman–Crippen LogP) is 4.70. The van der Waals surface area contributed by atoms with E-state index >= 15 is 0 Å². The molecule has 1 aliphatic rings. The quantitative estimate of drug-likeness (QED) is 0.459.